The van der Waals surface area contributed by atoms with Crippen LogP contribution < -0.4 is 5.43 Å². The van der Waals surface area contributed by atoms with Crippen molar-refractivity contribution in [2.24, 2.45) is 5.10 Å². The summed E-state index contributed by atoms with van der Waals surface area (Å²) in [5, 5.41) is 5.93. The highest BCUT2D eigenvalue weighted by Crippen LogP contribution is 2.38. The summed E-state index contributed by atoms with van der Waals surface area (Å²) >= 11 is 3.18. The molecule has 7 heteroatoms. The number of hydrogen-bond acceptors (Lipinski definition) is 5. The van der Waals surface area contributed by atoms with Gasteiger partial charge in [0.25, 0.3) is 5.91 Å². The number of carbonyl (C=O) groups excluding carboxylic acids is 2. The van der Waals surface area contributed by atoms with E-state index in [1.807, 2.05) is 52.7 Å². The Balaban J connectivity index is 1.38. The molecule has 1 atom stereocenters. The van der Waals surface area contributed by atoms with Gasteiger partial charge < -0.3 is 4.90 Å². The summed E-state index contributed by atoms with van der Waals surface area (Å²) in [5.41, 5.74) is 5.33. The monoisotopic (exact) mass is 435 g/mol. The van der Waals surface area contributed by atoms with Crippen LogP contribution in [-0.4, -0.2) is 35.2 Å². The summed E-state index contributed by atoms with van der Waals surface area (Å²) in [6.07, 6.45) is 2.45. The molecule has 0 saturated carbocycles. The summed E-state index contributed by atoms with van der Waals surface area (Å²) in [6.45, 7) is 0.681. The van der Waals surface area contributed by atoms with Gasteiger partial charge in [0.15, 0.2) is 0 Å². The molecule has 1 aliphatic rings. The van der Waals surface area contributed by atoms with E-state index in [2.05, 4.69) is 22.7 Å². The van der Waals surface area contributed by atoms with Gasteiger partial charge in [-0.25, -0.2) is 5.43 Å². The van der Waals surface area contributed by atoms with Crippen LogP contribution in [0.25, 0.3) is 0 Å². The number of nitrogens with zero attached hydrogens (tertiary/aromatic N) is 2. The second kappa shape index (κ2) is 9.73. The first-order valence-corrected chi connectivity index (χ1v) is 11.6. The molecule has 2 amide bonds. The fourth-order valence-corrected chi connectivity index (χ4v) is 5.05. The van der Waals surface area contributed by atoms with Crippen LogP contribution in [0.2, 0.25) is 0 Å². The number of carbonyl (C=O) groups is 2. The molecule has 4 rings (SSSR count). The second-order valence-electron chi connectivity index (χ2n) is 6.82. The fraction of sp³-hybridized carbons (Fsp3) is 0.174. The zero-order valence-corrected chi connectivity index (χ0v) is 17.9. The molecule has 1 N–H and O–H groups in total. The zero-order valence-electron chi connectivity index (χ0n) is 16.2. The van der Waals surface area contributed by atoms with Crippen molar-refractivity contribution in [1.82, 2.24) is 10.3 Å². The van der Waals surface area contributed by atoms with Crippen molar-refractivity contribution < 1.29 is 9.59 Å². The molecular weight excluding hydrogens is 414 g/mol. The zero-order chi connectivity index (χ0) is 20.8. The third kappa shape index (κ3) is 4.98. The van der Waals surface area contributed by atoms with Gasteiger partial charge in [-0.15, -0.1) is 23.1 Å². The number of nitrogens with one attached hydrogen (secondary N) is 1. The molecule has 0 spiro atoms. The fourth-order valence-electron chi connectivity index (χ4n) is 3.25. The Morgan fingerprint density at radius 3 is 2.63 bits per heavy atom. The summed E-state index contributed by atoms with van der Waals surface area (Å²) in [6, 6.07) is 21.5. The molecule has 0 unspecified atom stereocenters. The molecule has 152 valence electrons. The molecule has 1 aromatic heterocycles. The van der Waals surface area contributed by atoms with Gasteiger partial charge in [0.2, 0.25) is 5.91 Å². The summed E-state index contributed by atoms with van der Waals surface area (Å²) in [7, 11) is 0. The van der Waals surface area contributed by atoms with E-state index >= 15 is 0 Å². The number of rotatable bonds is 7. The van der Waals surface area contributed by atoms with Gasteiger partial charge in [-0.2, -0.15) is 5.10 Å². The van der Waals surface area contributed by atoms with Gasteiger partial charge in [-0.3, -0.25) is 9.59 Å². The van der Waals surface area contributed by atoms with E-state index in [0.29, 0.717) is 17.9 Å². The smallest absolute Gasteiger partial charge is 0.271 e. The van der Waals surface area contributed by atoms with E-state index in [-0.39, 0.29) is 17.2 Å². The van der Waals surface area contributed by atoms with Crippen molar-refractivity contribution in [3.63, 3.8) is 0 Å². The third-order valence-corrected chi connectivity index (χ3v) is 6.87. The van der Waals surface area contributed by atoms with Crippen molar-refractivity contribution >= 4 is 41.1 Å². The molecule has 1 fully saturated rings. The summed E-state index contributed by atoms with van der Waals surface area (Å²) < 4.78 is 0. The molecule has 5 nitrogen and oxygen atoms in total. The van der Waals surface area contributed by atoms with Gasteiger partial charge in [-0.05, 0) is 41.1 Å². The van der Waals surface area contributed by atoms with E-state index in [1.165, 1.54) is 5.56 Å². The molecule has 2 heterocycles. The number of thioether (sulfide) groups is 1. The molecule has 0 aliphatic carbocycles. The number of hydrazone groups is 1. The summed E-state index contributed by atoms with van der Waals surface area (Å²) in [5.74, 6) is 0.384. The second-order valence-corrected chi connectivity index (χ2v) is 8.87. The molecular formula is C23H21N3O2S2. The molecule has 0 bridgehead atoms. The quantitative estimate of drug-likeness (QED) is 0.444. The minimum atomic E-state index is -0.259. The molecule has 0 radical (unpaired) electrons. The van der Waals surface area contributed by atoms with E-state index in [4.69, 9.17) is 0 Å². The van der Waals surface area contributed by atoms with Crippen LogP contribution in [0.3, 0.4) is 0 Å². The van der Waals surface area contributed by atoms with Gasteiger partial charge in [-0.1, -0.05) is 48.5 Å². The first-order chi connectivity index (χ1) is 14.7. The average Bonchev–Trinajstić information content (AvgIpc) is 3.43. The molecule has 1 aliphatic heterocycles. The maximum absolute atomic E-state index is 12.4. The number of benzene rings is 2. The molecule has 1 saturated heterocycles. The Hall–Kier alpha value is -2.90. The number of hydrogen-bond donors (Lipinski definition) is 1. The van der Waals surface area contributed by atoms with Crippen molar-refractivity contribution in [2.45, 2.75) is 11.8 Å². The highest BCUT2D eigenvalue weighted by atomic mass is 32.2. The normalized spacial score (nSPS) is 16.3. The first-order valence-electron chi connectivity index (χ1n) is 9.62. The van der Waals surface area contributed by atoms with E-state index in [1.54, 1.807) is 41.4 Å². The van der Waals surface area contributed by atoms with E-state index in [0.717, 1.165) is 16.9 Å². The van der Waals surface area contributed by atoms with Gasteiger partial charge in [0, 0.05) is 17.0 Å². The van der Waals surface area contributed by atoms with Crippen LogP contribution in [0.1, 0.15) is 31.7 Å². The van der Waals surface area contributed by atoms with Crippen molar-refractivity contribution in [1.29, 1.82) is 0 Å². The van der Waals surface area contributed by atoms with Crippen molar-refractivity contribution in [2.75, 3.05) is 12.3 Å². The third-order valence-electron chi connectivity index (χ3n) is 4.81. The lowest BCUT2D eigenvalue weighted by Crippen LogP contribution is -2.30. The Morgan fingerprint density at radius 1 is 1.10 bits per heavy atom. The minimum absolute atomic E-state index is 0.0184. The van der Waals surface area contributed by atoms with Crippen LogP contribution >= 0.6 is 23.1 Å². The van der Waals surface area contributed by atoms with Crippen molar-refractivity contribution in [3.05, 3.63) is 93.7 Å². The van der Waals surface area contributed by atoms with Gasteiger partial charge in [0.05, 0.1) is 12.0 Å². The van der Waals surface area contributed by atoms with Gasteiger partial charge in [0.1, 0.15) is 5.37 Å². The lowest BCUT2D eigenvalue weighted by molar-refractivity contribution is -0.128. The lowest BCUT2D eigenvalue weighted by atomic mass is 10.1. The number of amides is 2. The van der Waals surface area contributed by atoms with Crippen LogP contribution in [0.15, 0.2) is 77.2 Å². The Morgan fingerprint density at radius 2 is 1.90 bits per heavy atom. The Labute approximate surface area is 183 Å². The topological polar surface area (TPSA) is 61.8 Å². The van der Waals surface area contributed by atoms with Crippen LogP contribution in [0.4, 0.5) is 0 Å². The summed E-state index contributed by atoms with van der Waals surface area (Å²) in [4.78, 5) is 27.6. The number of thiophene rings is 1. The maximum Gasteiger partial charge on any atom is 0.271 e. The Bertz CT molecular complexity index is 1020. The first kappa shape index (κ1) is 20.4. The lowest BCUT2D eigenvalue weighted by Gasteiger charge is -2.24. The van der Waals surface area contributed by atoms with E-state index < -0.39 is 0 Å². The largest absolute Gasteiger partial charge is 0.326 e. The molecule has 3 aromatic rings. The van der Waals surface area contributed by atoms with Crippen LogP contribution in [0.5, 0.6) is 0 Å². The predicted octanol–water partition coefficient (Wildman–Crippen LogP) is 4.33. The van der Waals surface area contributed by atoms with Gasteiger partial charge >= 0.3 is 0 Å². The molecule has 30 heavy (non-hydrogen) atoms. The Kier molecular flexibility index (Phi) is 6.61. The SMILES string of the molecule is O=C(N/N=C\c1cccs1)c1ccc([C@@H]2SCC(=O)N2CCc2ccccc2)cc1. The highest BCUT2D eigenvalue weighted by Gasteiger charge is 2.32. The highest BCUT2D eigenvalue weighted by molar-refractivity contribution is 8.00. The predicted molar refractivity (Wildman–Crippen MR) is 123 cm³/mol. The van der Waals surface area contributed by atoms with Crippen molar-refractivity contribution in [3.8, 4) is 0 Å². The molecule has 2 aromatic carbocycles. The van der Waals surface area contributed by atoms with E-state index in [9.17, 15) is 9.59 Å². The maximum atomic E-state index is 12.4. The average molecular weight is 436 g/mol. The van der Waals surface area contributed by atoms with Crippen LogP contribution in [-0.2, 0) is 11.2 Å². The minimum Gasteiger partial charge on any atom is -0.326 e. The standard InChI is InChI=1S/C23H21N3O2S2/c27-21-16-30-23(26(21)13-12-17-5-2-1-3-6-17)19-10-8-18(9-11-19)22(28)25-24-15-20-7-4-14-29-20/h1-11,14-15,23H,12-13,16H2,(H,25,28)/b24-15-/t23-/m0/s1. The van der Waals surface area contributed by atoms with Crippen LogP contribution in [0, 0.1) is 0 Å².